The molecule has 1 atom stereocenters. The summed E-state index contributed by atoms with van der Waals surface area (Å²) in [6, 6.07) is 16.8. The Morgan fingerprint density at radius 3 is 2.05 bits per heavy atom. The summed E-state index contributed by atoms with van der Waals surface area (Å²) in [6.45, 7) is -0.109. The van der Waals surface area contributed by atoms with E-state index in [1.54, 1.807) is 12.1 Å². The summed E-state index contributed by atoms with van der Waals surface area (Å²) in [4.78, 5) is 22.9. The van der Waals surface area contributed by atoms with Gasteiger partial charge in [-0.2, -0.15) is 0 Å². The first-order valence-corrected chi connectivity index (χ1v) is 6.47. The molecule has 0 radical (unpaired) electrons. The molecule has 108 valence electrons. The molecule has 0 aliphatic heterocycles. The molecule has 5 heteroatoms. The maximum atomic E-state index is 12.1. The Balaban J connectivity index is 2.18. The van der Waals surface area contributed by atoms with Crippen LogP contribution in [0.3, 0.4) is 0 Å². The number of benzene rings is 2. The second kappa shape index (κ2) is 6.67. The first-order valence-electron chi connectivity index (χ1n) is 6.47. The summed E-state index contributed by atoms with van der Waals surface area (Å²) >= 11 is 0. The van der Waals surface area contributed by atoms with Crippen LogP contribution in [0.5, 0.6) is 0 Å². The summed E-state index contributed by atoms with van der Waals surface area (Å²) < 4.78 is 4.69. The lowest BCUT2D eigenvalue weighted by atomic mass is 10.0. The summed E-state index contributed by atoms with van der Waals surface area (Å²) in [6.07, 6.45) is -2.07. The van der Waals surface area contributed by atoms with Gasteiger partial charge in [-0.15, -0.1) is 0 Å². The lowest BCUT2D eigenvalue weighted by Crippen LogP contribution is -2.36. The maximum Gasteiger partial charge on any atom is 0.405 e. The average Bonchev–Trinajstić information content (AvgIpc) is 2.53. The fourth-order valence-electron chi connectivity index (χ4n) is 1.99. The zero-order chi connectivity index (χ0) is 15.2. The Bertz CT molecular complexity index is 624. The number of primary amides is 1. The molecule has 0 aliphatic rings. The van der Waals surface area contributed by atoms with E-state index < -0.39 is 12.2 Å². The van der Waals surface area contributed by atoms with Gasteiger partial charge in [0.05, 0.1) is 0 Å². The Kier molecular flexibility index (Phi) is 4.68. The summed E-state index contributed by atoms with van der Waals surface area (Å²) in [5.74, 6) is -0.365. The molecular weight excluding hydrogens is 268 g/mol. The van der Waals surface area contributed by atoms with Crippen molar-refractivity contribution in [3.05, 3.63) is 60.2 Å². The molecule has 0 aliphatic carbocycles. The van der Waals surface area contributed by atoms with E-state index in [-0.39, 0.29) is 12.3 Å². The van der Waals surface area contributed by atoms with Gasteiger partial charge >= 0.3 is 6.09 Å². The van der Waals surface area contributed by atoms with Gasteiger partial charge in [0.25, 0.3) is 0 Å². The number of amides is 1. The molecule has 21 heavy (non-hydrogen) atoms. The SMILES string of the molecule is NCC(OC(N)=O)C(=O)c1ccc(-c2ccccc2)cc1. The van der Waals surface area contributed by atoms with E-state index >= 15 is 0 Å². The van der Waals surface area contributed by atoms with Crippen molar-refractivity contribution >= 4 is 11.9 Å². The Labute approximate surface area is 122 Å². The summed E-state index contributed by atoms with van der Waals surface area (Å²) in [5, 5.41) is 0. The molecule has 0 heterocycles. The predicted octanol–water partition coefficient (Wildman–Crippen LogP) is 1.96. The van der Waals surface area contributed by atoms with E-state index in [9.17, 15) is 9.59 Å². The first kappa shape index (κ1) is 14.7. The van der Waals surface area contributed by atoms with E-state index in [0.717, 1.165) is 11.1 Å². The van der Waals surface area contributed by atoms with Crippen molar-refractivity contribution < 1.29 is 14.3 Å². The fraction of sp³-hybridized carbons (Fsp3) is 0.125. The summed E-state index contributed by atoms with van der Waals surface area (Å²) in [5.41, 5.74) is 12.8. The number of hydrogen-bond acceptors (Lipinski definition) is 4. The zero-order valence-corrected chi connectivity index (χ0v) is 11.4. The monoisotopic (exact) mass is 284 g/mol. The van der Waals surface area contributed by atoms with Gasteiger partial charge in [-0.1, -0.05) is 54.6 Å². The van der Waals surface area contributed by atoms with Crippen LogP contribution >= 0.6 is 0 Å². The van der Waals surface area contributed by atoms with Crippen LogP contribution in [0.4, 0.5) is 4.79 Å². The highest BCUT2D eigenvalue weighted by Gasteiger charge is 2.21. The van der Waals surface area contributed by atoms with Crippen molar-refractivity contribution in [2.24, 2.45) is 11.5 Å². The topological polar surface area (TPSA) is 95.4 Å². The number of nitrogens with two attached hydrogens (primary N) is 2. The average molecular weight is 284 g/mol. The maximum absolute atomic E-state index is 12.1. The van der Waals surface area contributed by atoms with Gasteiger partial charge < -0.3 is 16.2 Å². The molecule has 2 aromatic carbocycles. The molecule has 5 nitrogen and oxygen atoms in total. The lowest BCUT2D eigenvalue weighted by molar-refractivity contribution is 0.0674. The van der Waals surface area contributed by atoms with Crippen LogP contribution in [0, 0.1) is 0 Å². The third-order valence-electron chi connectivity index (χ3n) is 3.04. The lowest BCUT2D eigenvalue weighted by Gasteiger charge is -2.13. The van der Waals surface area contributed by atoms with Gasteiger partial charge in [-0.25, -0.2) is 4.79 Å². The molecule has 4 N–H and O–H groups in total. The number of ether oxygens (including phenoxy) is 1. The molecule has 0 saturated carbocycles. The van der Waals surface area contributed by atoms with E-state index in [4.69, 9.17) is 16.2 Å². The molecule has 0 saturated heterocycles. The third-order valence-corrected chi connectivity index (χ3v) is 3.04. The molecule has 1 amide bonds. The molecule has 0 bridgehead atoms. The van der Waals surface area contributed by atoms with Crippen LogP contribution in [-0.2, 0) is 4.74 Å². The molecule has 0 fully saturated rings. The quantitative estimate of drug-likeness (QED) is 0.820. The smallest absolute Gasteiger partial charge is 0.405 e. The predicted molar refractivity (Wildman–Crippen MR) is 79.7 cm³/mol. The number of rotatable bonds is 5. The van der Waals surface area contributed by atoms with Crippen molar-refractivity contribution in [1.29, 1.82) is 0 Å². The van der Waals surface area contributed by atoms with Crippen LogP contribution in [0.25, 0.3) is 11.1 Å². The Morgan fingerprint density at radius 1 is 0.952 bits per heavy atom. The van der Waals surface area contributed by atoms with Crippen LogP contribution in [-0.4, -0.2) is 24.5 Å². The summed E-state index contributed by atoms with van der Waals surface area (Å²) in [7, 11) is 0. The van der Waals surface area contributed by atoms with E-state index in [1.165, 1.54) is 0 Å². The van der Waals surface area contributed by atoms with Gasteiger partial charge in [-0.05, 0) is 11.1 Å². The number of carbonyl (C=O) groups excluding carboxylic acids is 2. The second-order valence-electron chi connectivity index (χ2n) is 4.47. The number of Topliss-reactive ketones (excluding diaryl/α,β-unsaturated/α-hetero) is 1. The van der Waals surface area contributed by atoms with Gasteiger partial charge in [0.15, 0.2) is 6.10 Å². The van der Waals surface area contributed by atoms with Crippen molar-refractivity contribution in [3.63, 3.8) is 0 Å². The second-order valence-corrected chi connectivity index (χ2v) is 4.47. The van der Waals surface area contributed by atoms with Gasteiger partial charge in [0.2, 0.25) is 5.78 Å². The number of carbonyl (C=O) groups is 2. The molecule has 0 spiro atoms. The van der Waals surface area contributed by atoms with Gasteiger partial charge in [0.1, 0.15) is 0 Å². The molecule has 2 aromatic rings. The normalized spacial score (nSPS) is 11.7. The highest BCUT2D eigenvalue weighted by molar-refractivity contribution is 6.00. The Morgan fingerprint density at radius 2 is 1.52 bits per heavy atom. The third kappa shape index (κ3) is 3.67. The van der Waals surface area contributed by atoms with E-state index in [0.29, 0.717) is 5.56 Å². The fourth-order valence-corrected chi connectivity index (χ4v) is 1.99. The molecular formula is C16H16N2O3. The van der Waals surface area contributed by atoms with Crippen LogP contribution in [0.2, 0.25) is 0 Å². The van der Waals surface area contributed by atoms with E-state index in [2.05, 4.69) is 0 Å². The minimum atomic E-state index is -1.05. The highest BCUT2D eigenvalue weighted by Crippen LogP contribution is 2.20. The molecule has 0 aromatic heterocycles. The largest absolute Gasteiger partial charge is 0.437 e. The van der Waals surface area contributed by atoms with Gasteiger partial charge in [0, 0.05) is 12.1 Å². The van der Waals surface area contributed by atoms with Crippen LogP contribution in [0.15, 0.2) is 54.6 Å². The van der Waals surface area contributed by atoms with Crippen LogP contribution < -0.4 is 11.5 Å². The van der Waals surface area contributed by atoms with Crippen molar-refractivity contribution in [1.82, 2.24) is 0 Å². The zero-order valence-electron chi connectivity index (χ0n) is 11.4. The number of hydrogen-bond donors (Lipinski definition) is 2. The minimum absolute atomic E-state index is 0.109. The van der Waals surface area contributed by atoms with Crippen LogP contribution in [0.1, 0.15) is 10.4 Å². The van der Waals surface area contributed by atoms with Crippen molar-refractivity contribution in [2.75, 3.05) is 6.54 Å². The highest BCUT2D eigenvalue weighted by atomic mass is 16.6. The first-order chi connectivity index (χ1) is 10.1. The van der Waals surface area contributed by atoms with E-state index in [1.807, 2.05) is 42.5 Å². The standard InChI is InChI=1S/C16H16N2O3/c17-10-14(21-16(18)20)15(19)13-8-6-12(7-9-13)11-4-2-1-3-5-11/h1-9,14H,10,17H2,(H2,18,20). The van der Waals surface area contributed by atoms with Gasteiger partial charge in [-0.3, -0.25) is 4.79 Å². The Hall–Kier alpha value is -2.66. The molecule has 1 unspecified atom stereocenters. The van der Waals surface area contributed by atoms with Crippen molar-refractivity contribution in [3.8, 4) is 11.1 Å². The molecule has 2 rings (SSSR count). The van der Waals surface area contributed by atoms with Crippen molar-refractivity contribution in [2.45, 2.75) is 6.10 Å². The number of ketones is 1. The minimum Gasteiger partial charge on any atom is -0.437 e.